The molecule has 0 aliphatic heterocycles. The Morgan fingerprint density at radius 1 is 1.53 bits per heavy atom. The van der Waals surface area contributed by atoms with Crippen molar-refractivity contribution in [2.45, 2.75) is 31.4 Å². The Hall–Kier alpha value is -0.810. The lowest BCUT2D eigenvalue weighted by Gasteiger charge is -2.13. The molecule has 15 heavy (non-hydrogen) atoms. The summed E-state index contributed by atoms with van der Waals surface area (Å²) in [7, 11) is 0. The van der Waals surface area contributed by atoms with E-state index in [9.17, 15) is 4.79 Å². The highest BCUT2D eigenvalue weighted by atomic mass is 79.9. The summed E-state index contributed by atoms with van der Waals surface area (Å²) in [4.78, 5) is 11.4. The van der Waals surface area contributed by atoms with Gasteiger partial charge in [0.05, 0.1) is 0 Å². The highest BCUT2D eigenvalue weighted by Crippen LogP contribution is 2.18. The van der Waals surface area contributed by atoms with Crippen molar-refractivity contribution in [2.75, 3.05) is 0 Å². The Bertz CT molecular complexity index is 337. The van der Waals surface area contributed by atoms with Gasteiger partial charge in [0.1, 0.15) is 29.1 Å². The van der Waals surface area contributed by atoms with E-state index in [1.807, 2.05) is 0 Å². The summed E-state index contributed by atoms with van der Waals surface area (Å²) in [6, 6.07) is 3.31. The van der Waals surface area contributed by atoms with Crippen LogP contribution in [0.5, 0.6) is 0 Å². The van der Waals surface area contributed by atoms with E-state index in [1.165, 1.54) is 0 Å². The lowest BCUT2D eigenvalue weighted by Crippen LogP contribution is -2.26. The van der Waals surface area contributed by atoms with Gasteiger partial charge in [-0.1, -0.05) is 15.9 Å². The fourth-order valence-electron chi connectivity index (χ4n) is 0.893. The van der Waals surface area contributed by atoms with Crippen LogP contribution in [0.1, 0.15) is 25.4 Å². The predicted octanol–water partition coefficient (Wildman–Crippen LogP) is 1.99. The Morgan fingerprint density at radius 3 is 2.60 bits per heavy atom. The van der Waals surface area contributed by atoms with E-state index in [1.54, 1.807) is 26.0 Å². The number of ether oxygens (including phenoxy) is 1. The molecule has 0 bridgehead atoms. The van der Waals surface area contributed by atoms with Crippen LogP contribution in [-0.2, 0) is 22.7 Å². The van der Waals surface area contributed by atoms with Crippen molar-refractivity contribution in [1.29, 1.82) is 0 Å². The first-order valence-corrected chi connectivity index (χ1v) is 5.27. The van der Waals surface area contributed by atoms with Gasteiger partial charge in [0, 0.05) is 0 Å². The van der Waals surface area contributed by atoms with Gasteiger partial charge in [-0.15, -0.1) is 0 Å². The minimum Gasteiger partial charge on any atom is -0.460 e. The zero-order valence-electron chi connectivity index (χ0n) is 8.62. The first kappa shape index (κ1) is 12.3. The van der Waals surface area contributed by atoms with Crippen LogP contribution in [0.2, 0.25) is 0 Å². The molecule has 1 N–H and O–H groups in total. The van der Waals surface area contributed by atoms with Crippen molar-refractivity contribution in [1.82, 2.24) is 0 Å². The molecule has 84 valence electrons. The Labute approximate surface area is 96.4 Å². The summed E-state index contributed by atoms with van der Waals surface area (Å²) < 4.78 is 9.45. The fourth-order valence-corrected chi connectivity index (χ4v) is 1.01. The Kier molecular flexibility index (Phi) is 3.93. The molecule has 0 atom stereocenters. The third-order valence-corrected chi connectivity index (χ3v) is 2.03. The van der Waals surface area contributed by atoms with E-state index < -0.39 is 4.32 Å². The fraction of sp³-hybridized carbons (Fsp3) is 0.500. The minimum absolute atomic E-state index is 0.0772. The van der Waals surface area contributed by atoms with Crippen molar-refractivity contribution in [3.8, 4) is 0 Å². The molecule has 0 saturated heterocycles. The highest BCUT2D eigenvalue weighted by Gasteiger charge is 2.25. The van der Waals surface area contributed by atoms with Crippen molar-refractivity contribution < 1.29 is 19.1 Å². The maximum atomic E-state index is 11.4. The molecule has 0 aliphatic carbocycles. The van der Waals surface area contributed by atoms with Gasteiger partial charge in [0.25, 0.3) is 0 Å². The van der Waals surface area contributed by atoms with Crippen molar-refractivity contribution >= 4 is 21.9 Å². The summed E-state index contributed by atoms with van der Waals surface area (Å²) >= 11 is 3.19. The van der Waals surface area contributed by atoms with Crippen LogP contribution in [0, 0.1) is 0 Å². The van der Waals surface area contributed by atoms with Gasteiger partial charge in [0.15, 0.2) is 0 Å². The number of carbonyl (C=O) groups is 1. The standard InChI is InChI=1S/C10H13BrO4/c1-10(2,11)9(13)14-6-8-4-3-7(5-12)15-8/h3-4,12H,5-6H2,1-2H3. The first-order chi connectivity index (χ1) is 6.93. The number of carbonyl (C=O) groups excluding carboxylic acids is 1. The zero-order valence-corrected chi connectivity index (χ0v) is 10.2. The quantitative estimate of drug-likeness (QED) is 0.675. The monoisotopic (exact) mass is 276 g/mol. The van der Waals surface area contributed by atoms with E-state index in [-0.39, 0.29) is 19.2 Å². The van der Waals surface area contributed by atoms with Gasteiger partial charge in [0.2, 0.25) is 0 Å². The van der Waals surface area contributed by atoms with Crippen LogP contribution in [-0.4, -0.2) is 15.4 Å². The average molecular weight is 277 g/mol. The molecule has 0 aliphatic rings. The minimum atomic E-state index is -0.695. The normalized spacial score (nSPS) is 11.5. The number of furan rings is 1. The smallest absolute Gasteiger partial charge is 0.322 e. The van der Waals surface area contributed by atoms with Crippen LogP contribution < -0.4 is 0 Å². The summed E-state index contributed by atoms with van der Waals surface area (Å²) in [5, 5.41) is 8.75. The third-order valence-electron chi connectivity index (χ3n) is 1.70. The molecule has 1 rings (SSSR count). The summed E-state index contributed by atoms with van der Waals surface area (Å²) in [5.41, 5.74) is 0. The lowest BCUT2D eigenvalue weighted by atomic mass is 10.2. The topological polar surface area (TPSA) is 59.7 Å². The summed E-state index contributed by atoms with van der Waals surface area (Å²) in [6.07, 6.45) is 0. The first-order valence-electron chi connectivity index (χ1n) is 4.48. The second kappa shape index (κ2) is 4.81. The molecule has 4 nitrogen and oxygen atoms in total. The molecule has 1 aromatic heterocycles. The van der Waals surface area contributed by atoms with Crippen molar-refractivity contribution in [3.63, 3.8) is 0 Å². The van der Waals surface area contributed by atoms with Gasteiger partial charge in [-0.3, -0.25) is 4.79 Å². The Balaban J connectivity index is 2.47. The number of aliphatic hydroxyl groups excluding tert-OH is 1. The molecule has 0 spiro atoms. The van der Waals surface area contributed by atoms with Gasteiger partial charge >= 0.3 is 5.97 Å². The molecular formula is C10H13BrO4. The predicted molar refractivity (Wildman–Crippen MR) is 57.4 cm³/mol. The van der Waals surface area contributed by atoms with Crippen molar-refractivity contribution in [3.05, 3.63) is 23.7 Å². The molecule has 0 amide bonds. The maximum absolute atomic E-state index is 11.4. The van der Waals surface area contributed by atoms with Crippen molar-refractivity contribution in [2.24, 2.45) is 0 Å². The largest absolute Gasteiger partial charge is 0.460 e. The van der Waals surface area contributed by atoms with Gasteiger partial charge in [-0.05, 0) is 26.0 Å². The SMILES string of the molecule is CC(C)(Br)C(=O)OCc1ccc(CO)o1. The maximum Gasteiger partial charge on any atom is 0.322 e. The number of hydrogen-bond acceptors (Lipinski definition) is 4. The molecule has 0 unspecified atom stereocenters. The van der Waals surface area contributed by atoms with E-state index in [0.29, 0.717) is 11.5 Å². The Morgan fingerprint density at radius 2 is 2.13 bits per heavy atom. The number of esters is 1. The molecule has 0 aromatic carbocycles. The van der Waals surface area contributed by atoms with Gasteiger partial charge in [-0.2, -0.15) is 0 Å². The zero-order chi connectivity index (χ0) is 11.5. The number of aliphatic hydroxyl groups is 1. The molecule has 0 radical (unpaired) electrons. The van der Waals surface area contributed by atoms with Gasteiger partial charge in [-0.25, -0.2) is 0 Å². The second-order valence-corrected chi connectivity index (χ2v) is 5.56. The molecule has 1 heterocycles. The molecule has 1 aromatic rings. The van der Waals surface area contributed by atoms with Crippen LogP contribution in [0.4, 0.5) is 0 Å². The lowest BCUT2D eigenvalue weighted by molar-refractivity contribution is -0.147. The van der Waals surface area contributed by atoms with E-state index >= 15 is 0 Å². The second-order valence-electron chi connectivity index (χ2n) is 3.57. The molecule has 5 heteroatoms. The number of rotatable bonds is 4. The van der Waals surface area contributed by atoms with Gasteiger partial charge < -0.3 is 14.3 Å². The van der Waals surface area contributed by atoms with Crippen LogP contribution in [0.25, 0.3) is 0 Å². The van der Waals surface area contributed by atoms with E-state index in [4.69, 9.17) is 14.3 Å². The average Bonchev–Trinajstić information content (AvgIpc) is 2.60. The van der Waals surface area contributed by atoms with Crippen LogP contribution in [0.15, 0.2) is 16.5 Å². The highest BCUT2D eigenvalue weighted by molar-refractivity contribution is 9.10. The van der Waals surface area contributed by atoms with E-state index in [0.717, 1.165) is 0 Å². The summed E-state index contributed by atoms with van der Waals surface area (Å²) in [6.45, 7) is 3.33. The molecule has 0 fully saturated rings. The number of alkyl halides is 1. The number of halogens is 1. The third kappa shape index (κ3) is 3.68. The van der Waals surface area contributed by atoms with Crippen LogP contribution in [0.3, 0.4) is 0 Å². The van der Waals surface area contributed by atoms with Crippen LogP contribution >= 0.6 is 15.9 Å². The molecule has 0 saturated carbocycles. The molecular weight excluding hydrogens is 264 g/mol. The number of hydrogen-bond donors (Lipinski definition) is 1. The van der Waals surface area contributed by atoms with E-state index in [2.05, 4.69) is 15.9 Å². The summed E-state index contributed by atoms with van der Waals surface area (Å²) in [5.74, 6) is 0.618.